The number of aromatic nitrogens is 1. The van der Waals surface area contributed by atoms with Crippen LogP contribution in [-0.2, 0) is 11.3 Å². The van der Waals surface area contributed by atoms with Gasteiger partial charge in [-0.3, -0.25) is 4.79 Å². The number of ether oxygens (including phenoxy) is 4. The van der Waals surface area contributed by atoms with Crippen LogP contribution in [0, 0.1) is 0 Å². The van der Waals surface area contributed by atoms with Crippen LogP contribution in [0.3, 0.4) is 0 Å². The van der Waals surface area contributed by atoms with Crippen LogP contribution in [0.15, 0.2) is 60.0 Å². The highest BCUT2D eigenvalue weighted by Crippen LogP contribution is 2.38. The minimum atomic E-state index is -0.0667. The molecule has 2 aromatic carbocycles. The Balaban J connectivity index is 1.55. The van der Waals surface area contributed by atoms with E-state index in [1.807, 2.05) is 46.7 Å². The summed E-state index contributed by atoms with van der Waals surface area (Å²) in [5, 5.41) is 2.97. The number of thiophene rings is 1. The van der Waals surface area contributed by atoms with Crippen molar-refractivity contribution in [1.29, 1.82) is 0 Å². The number of benzene rings is 2. The zero-order chi connectivity index (χ0) is 24.2. The summed E-state index contributed by atoms with van der Waals surface area (Å²) in [6.07, 6.45) is 0.722. The fourth-order valence-electron chi connectivity index (χ4n) is 4.15. The Hall–Kier alpha value is -3.62. The summed E-state index contributed by atoms with van der Waals surface area (Å²) in [5.74, 6) is 1.99. The average Bonchev–Trinajstić information content (AvgIpc) is 3.58. The van der Waals surface area contributed by atoms with Crippen LogP contribution in [-0.4, -0.2) is 50.0 Å². The van der Waals surface area contributed by atoms with Crippen molar-refractivity contribution < 1.29 is 23.7 Å². The summed E-state index contributed by atoms with van der Waals surface area (Å²) in [6, 6.07) is 17.3. The fraction of sp³-hybridized carbons (Fsp3) is 0.259. The number of hydrogen-bond donors (Lipinski definition) is 0. The van der Waals surface area contributed by atoms with Gasteiger partial charge in [0, 0.05) is 43.8 Å². The van der Waals surface area contributed by atoms with E-state index in [-0.39, 0.29) is 12.7 Å². The molecule has 1 aliphatic rings. The maximum atomic E-state index is 13.6. The zero-order valence-electron chi connectivity index (χ0n) is 19.7. The summed E-state index contributed by atoms with van der Waals surface area (Å²) in [6.45, 7) is 1.73. The number of carbonyl (C=O) groups excluding carboxylic acids is 1. The summed E-state index contributed by atoms with van der Waals surface area (Å²) < 4.78 is 21.7. The van der Waals surface area contributed by atoms with Crippen LogP contribution in [0.4, 0.5) is 0 Å². The van der Waals surface area contributed by atoms with E-state index in [4.69, 9.17) is 23.9 Å². The van der Waals surface area contributed by atoms with E-state index in [0.29, 0.717) is 42.5 Å². The van der Waals surface area contributed by atoms with Gasteiger partial charge in [0.15, 0.2) is 11.5 Å². The Bertz CT molecular complexity index is 1340. The van der Waals surface area contributed by atoms with E-state index < -0.39 is 0 Å². The number of methoxy groups -OCH3 is 2. The quantitative estimate of drug-likeness (QED) is 0.294. The highest BCUT2D eigenvalue weighted by Gasteiger charge is 2.22. The van der Waals surface area contributed by atoms with Gasteiger partial charge in [-0.2, -0.15) is 0 Å². The molecular formula is C27H26N2O5S. The smallest absolute Gasteiger partial charge is 0.254 e. The second-order valence-electron chi connectivity index (χ2n) is 8.18. The molecule has 0 saturated carbocycles. The van der Waals surface area contributed by atoms with Gasteiger partial charge in [-0.25, -0.2) is 4.98 Å². The molecule has 180 valence electrons. The van der Waals surface area contributed by atoms with Crippen molar-refractivity contribution in [2.24, 2.45) is 0 Å². The lowest BCUT2D eigenvalue weighted by Gasteiger charge is -2.24. The summed E-state index contributed by atoms with van der Waals surface area (Å²) in [5.41, 5.74) is 3.23. The van der Waals surface area contributed by atoms with Gasteiger partial charge >= 0.3 is 0 Å². The van der Waals surface area contributed by atoms with Crippen molar-refractivity contribution in [2.45, 2.75) is 13.0 Å². The molecule has 35 heavy (non-hydrogen) atoms. The van der Waals surface area contributed by atoms with Crippen LogP contribution in [0.1, 0.15) is 22.3 Å². The molecule has 0 aliphatic carbocycles. The highest BCUT2D eigenvalue weighted by atomic mass is 32.1. The van der Waals surface area contributed by atoms with Gasteiger partial charge in [0.2, 0.25) is 6.79 Å². The van der Waals surface area contributed by atoms with Crippen molar-refractivity contribution in [3.63, 3.8) is 0 Å². The van der Waals surface area contributed by atoms with Gasteiger partial charge in [0.05, 0.1) is 23.2 Å². The molecule has 0 unspecified atom stereocenters. The molecule has 5 rings (SSSR count). The predicted octanol–water partition coefficient (Wildman–Crippen LogP) is 5.38. The number of nitrogens with zero attached hydrogens (tertiary/aromatic N) is 2. The number of rotatable bonds is 9. The summed E-state index contributed by atoms with van der Waals surface area (Å²) in [7, 11) is 3.26. The standard InChI is InChI=1S/C27H26N2O5S/c1-31-10-5-9-29(27(30)18-6-3-7-21(13-18)32-2)16-20-12-19-14-23-24(34-17-33-23)15-22(19)28-26(20)25-8-4-11-35-25/h3-4,6-8,11-15H,5,9-10,16-17H2,1-2H3. The van der Waals surface area contributed by atoms with E-state index >= 15 is 0 Å². The third-order valence-electron chi connectivity index (χ3n) is 5.88. The van der Waals surface area contributed by atoms with Crippen LogP contribution in [0.2, 0.25) is 0 Å². The fourth-order valence-corrected chi connectivity index (χ4v) is 4.90. The minimum absolute atomic E-state index is 0.0667. The monoisotopic (exact) mass is 490 g/mol. The lowest BCUT2D eigenvalue weighted by Crippen LogP contribution is -2.32. The van der Waals surface area contributed by atoms with Gasteiger partial charge in [-0.05, 0) is 53.8 Å². The second-order valence-corrected chi connectivity index (χ2v) is 9.12. The first-order chi connectivity index (χ1) is 17.2. The number of fused-ring (bicyclic) bond motifs is 2. The van der Waals surface area contributed by atoms with Crippen molar-refractivity contribution in [1.82, 2.24) is 9.88 Å². The van der Waals surface area contributed by atoms with Crippen molar-refractivity contribution in [3.05, 3.63) is 71.1 Å². The van der Waals surface area contributed by atoms with E-state index in [9.17, 15) is 4.79 Å². The van der Waals surface area contributed by atoms with Gasteiger partial charge in [-0.1, -0.05) is 12.1 Å². The molecule has 0 bridgehead atoms. The lowest BCUT2D eigenvalue weighted by atomic mass is 10.1. The minimum Gasteiger partial charge on any atom is -0.497 e. The average molecular weight is 491 g/mol. The molecule has 0 spiro atoms. The van der Waals surface area contributed by atoms with Crippen LogP contribution >= 0.6 is 11.3 Å². The Morgan fingerprint density at radius 3 is 2.71 bits per heavy atom. The van der Waals surface area contributed by atoms with E-state index in [1.165, 1.54) is 0 Å². The maximum Gasteiger partial charge on any atom is 0.254 e. The van der Waals surface area contributed by atoms with Crippen LogP contribution < -0.4 is 14.2 Å². The third kappa shape index (κ3) is 4.94. The SMILES string of the molecule is COCCCN(Cc1cc2cc3c(cc2nc1-c1cccs1)OCO3)C(=O)c1cccc(OC)c1. The lowest BCUT2D eigenvalue weighted by molar-refractivity contribution is 0.0723. The molecule has 1 amide bonds. The molecule has 0 radical (unpaired) electrons. The Morgan fingerprint density at radius 2 is 1.94 bits per heavy atom. The molecule has 7 nitrogen and oxygen atoms in total. The Labute approximate surface area is 207 Å². The topological polar surface area (TPSA) is 70.1 Å². The molecule has 0 atom stereocenters. The Morgan fingerprint density at radius 1 is 1.09 bits per heavy atom. The van der Waals surface area contributed by atoms with Gasteiger partial charge in [0.25, 0.3) is 5.91 Å². The van der Waals surface area contributed by atoms with Gasteiger partial charge in [-0.15, -0.1) is 11.3 Å². The normalized spacial score (nSPS) is 12.2. The highest BCUT2D eigenvalue weighted by molar-refractivity contribution is 7.13. The van der Waals surface area contributed by atoms with Gasteiger partial charge in [0.1, 0.15) is 5.75 Å². The zero-order valence-corrected chi connectivity index (χ0v) is 20.5. The van der Waals surface area contributed by atoms with Crippen LogP contribution in [0.25, 0.3) is 21.5 Å². The molecule has 3 heterocycles. The largest absolute Gasteiger partial charge is 0.497 e. The molecule has 1 aliphatic heterocycles. The van der Waals surface area contributed by atoms with Gasteiger partial charge < -0.3 is 23.8 Å². The molecule has 0 saturated heterocycles. The number of hydrogen-bond acceptors (Lipinski definition) is 7. The number of amides is 1. The second kappa shape index (κ2) is 10.3. The third-order valence-corrected chi connectivity index (χ3v) is 6.76. The van der Waals surface area contributed by atoms with Crippen molar-refractivity contribution in [3.8, 4) is 27.8 Å². The predicted molar refractivity (Wildman–Crippen MR) is 135 cm³/mol. The van der Waals surface area contributed by atoms with E-state index in [2.05, 4.69) is 12.1 Å². The molecule has 0 fully saturated rings. The maximum absolute atomic E-state index is 13.6. The summed E-state index contributed by atoms with van der Waals surface area (Å²) in [4.78, 5) is 21.5. The van der Waals surface area contributed by atoms with E-state index in [0.717, 1.165) is 33.5 Å². The molecule has 8 heteroatoms. The first-order valence-corrected chi connectivity index (χ1v) is 12.2. The van der Waals surface area contributed by atoms with E-state index in [1.54, 1.807) is 31.6 Å². The molecule has 0 N–H and O–H groups in total. The summed E-state index contributed by atoms with van der Waals surface area (Å²) >= 11 is 1.62. The Kier molecular flexibility index (Phi) is 6.83. The number of carbonyl (C=O) groups is 1. The molecule has 2 aromatic heterocycles. The molecular weight excluding hydrogens is 464 g/mol. The number of pyridine rings is 1. The van der Waals surface area contributed by atoms with Crippen molar-refractivity contribution in [2.75, 3.05) is 34.2 Å². The first-order valence-electron chi connectivity index (χ1n) is 11.4. The molecule has 4 aromatic rings. The van der Waals surface area contributed by atoms with Crippen LogP contribution in [0.5, 0.6) is 17.2 Å². The first kappa shape index (κ1) is 23.1. The van der Waals surface area contributed by atoms with Crippen molar-refractivity contribution >= 4 is 28.1 Å².